The molecule has 2 heteroatoms. The van der Waals surface area contributed by atoms with Crippen LogP contribution >= 0.6 is 15.9 Å². The molecule has 1 atom stereocenters. The number of hydrogen-bond donors (Lipinski definition) is 1. The first-order chi connectivity index (χ1) is 9.60. The quantitative estimate of drug-likeness (QED) is 0.798. The number of benzene rings is 2. The molecule has 2 aromatic carbocycles. The Labute approximate surface area is 130 Å². The average molecular weight is 332 g/mol. The largest absolute Gasteiger partial charge is 0.306 e. The minimum absolute atomic E-state index is 0.256. The number of nitrogens with one attached hydrogen (secondary N) is 1. The van der Waals surface area contributed by atoms with Gasteiger partial charge in [0.1, 0.15) is 0 Å². The number of halogens is 1. The van der Waals surface area contributed by atoms with Gasteiger partial charge in [0.25, 0.3) is 0 Å². The number of rotatable bonds is 5. The van der Waals surface area contributed by atoms with Crippen LogP contribution in [-0.2, 0) is 0 Å². The van der Waals surface area contributed by atoms with Crippen LogP contribution in [0.3, 0.4) is 0 Å². The van der Waals surface area contributed by atoms with Gasteiger partial charge in [0.2, 0.25) is 0 Å². The summed E-state index contributed by atoms with van der Waals surface area (Å²) in [7, 11) is 0. The van der Waals surface area contributed by atoms with E-state index >= 15 is 0 Å². The predicted molar refractivity (Wildman–Crippen MR) is 90.2 cm³/mol. The van der Waals surface area contributed by atoms with Gasteiger partial charge in [0.05, 0.1) is 6.04 Å². The first-order valence-corrected chi connectivity index (χ1v) is 7.96. The second-order valence-corrected chi connectivity index (χ2v) is 6.28. The summed E-state index contributed by atoms with van der Waals surface area (Å²) in [6.07, 6.45) is 1.13. The summed E-state index contributed by atoms with van der Waals surface area (Å²) < 4.78 is 1.14. The fraction of sp³-hybridized carbons (Fsp3) is 0.333. The van der Waals surface area contributed by atoms with Crippen molar-refractivity contribution in [1.29, 1.82) is 0 Å². The summed E-state index contributed by atoms with van der Waals surface area (Å²) in [4.78, 5) is 0. The van der Waals surface area contributed by atoms with Crippen LogP contribution in [0, 0.1) is 13.8 Å². The molecule has 2 aromatic rings. The molecule has 0 radical (unpaired) electrons. The van der Waals surface area contributed by atoms with E-state index in [1.165, 1.54) is 22.3 Å². The second-order valence-electron chi connectivity index (χ2n) is 5.36. The zero-order valence-corrected chi connectivity index (χ0v) is 14.0. The van der Waals surface area contributed by atoms with Crippen LogP contribution in [0.25, 0.3) is 0 Å². The van der Waals surface area contributed by atoms with Crippen LogP contribution in [0.1, 0.15) is 41.6 Å². The molecule has 0 spiro atoms. The molecule has 20 heavy (non-hydrogen) atoms. The monoisotopic (exact) mass is 331 g/mol. The van der Waals surface area contributed by atoms with Gasteiger partial charge < -0.3 is 5.32 Å². The minimum Gasteiger partial charge on any atom is -0.306 e. The van der Waals surface area contributed by atoms with E-state index in [1.54, 1.807) is 0 Å². The maximum absolute atomic E-state index is 3.66. The Kier molecular flexibility index (Phi) is 5.38. The molecule has 0 amide bonds. The van der Waals surface area contributed by atoms with Crippen LogP contribution in [0.15, 0.2) is 46.9 Å². The zero-order chi connectivity index (χ0) is 14.5. The third kappa shape index (κ3) is 3.94. The molecule has 106 valence electrons. The van der Waals surface area contributed by atoms with Crippen molar-refractivity contribution in [3.05, 3.63) is 69.2 Å². The highest BCUT2D eigenvalue weighted by molar-refractivity contribution is 9.10. The Balaban J connectivity index is 2.41. The molecule has 2 rings (SSSR count). The maximum atomic E-state index is 3.66. The van der Waals surface area contributed by atoms with Crippen LogP contribution < -0.4 is 5.32 Å². The van der Waals surface area contributed by atoms with E-state index in [0.29, 0.717) is 0 Å². The van der Waals surface area contributed by atoms with E-state index in [-0.39, 0.29) is 6.04 Å². The van der Waals surface area contributed by atoms with Crippen molar-refractivity contribution in [2.24, 2.45) is 0 Å². The van der Waals surface area contributed by atoms with Crippen molar-refractivity contribution in [3.63, 3.8) is 0 Å². The summed E-state index contributed by atoms with van der Waals surface area (Å²) in [5.74, 6) is 0. The molecule has 0 saturated carbocycles. The van der Waals surface area contributed by atoms with Gasteiger partial charge in [-0.3, -0.25) is 0 Å². The molecule has 1 N–H and O–H groups in total. The lowest BCUT2D eigenvalue weighted by Crippen LogP contribution is -2.23. The normalized spacial score (nSPS) is 12.4. The summed E-state index contributed by atoms with van der Waals surface area (Å²) >= 11 is 3.61. The van der Waals surface area contributed by atoms with E-state index < -0.39 is 0 Å². The Morgan fingerprint density at radius 1 is 1.00 bits per heavy atom. The highest BCUT2D eigenvalue weighted by Crippen LogP contribution is 2.26. The van der Waals surface area contributed by atoms with Crippen molar-refractivity contribution in [2.75, 3.05) is 6.54 Å². The van der Waals surface area contributed by atoms with Crippen LogP contribution in [0.5, 0.6) is 0 Å². The molecule has 0 bridgehead atoms. The Hall–Kier alpha value is -1.12. The van der Waals surface area contributed by atoms with Gasteiger partial charge in [0.15, 0.2) is 0 Å². The van der Waals surface area contributed by atoms with Gasteiger partial charge in [0, 0.05) is 4.47 Å². The number of hydrogen-bond acceptors (Lipinski definition) is 1. The standard InChI is InChI=1S/C18H22BrN/c1-4-8-20-18(15-7-5-6-13(2)9-15)16-10-14(3)11-17(19)12-16/h5-7,9-12,18,20H,4,8H2,1-3H3. The van der Waals surface area contributed by atoms with Gasteiger partial charge in [-0.05, 0) is 55.6 Å². The predicted octanol–water partition coefficient (Wildman–Crippen LogP) is 5.15. The van der Waals surface area contributed by atoms with E-state index in [1.807, 2.05) is 0 Å². The molecular formula is C18H22BrN. The summed E-state index contributed by atoms with van der Waals surface area (Å²) in [6.45, 7) is 7.50. The molecule has 0 fully saturated rings. The highest BCUT2D eigenvalue weighted by atomic mass is 79.9. The molecule has 0 aliphatic rings. The fourth-order valence-electron chi connectivity index (χ4n) is 2.50. The van der Waals surface area contributed by atoms with E-state index in [2.05, 4.69) is 84.5 Å². The molecule has 1 nitrogen and oxygen atoms in total. The van der Waals surface area contributed by atoms with Crippen LogP contribution in [0.2, 0.25) is 0 Å². The highest BCUT2D eigenvalue weighted by Gasteiger charge is 2.14. The Bertz CT molecular complexity index is 557. The molecule has 0 aliphatic carbocycles. The summed E-state index contributed by atoms with van der Waals surface area (Å²) in [5, 5.41) is 3.66. The van der Waals surface area contributed by atoms with Gasteiger partial charge >= 0.3 is 0 Å². The van der Waals surface area contributed by atoms with Crippen molar-refractivity contribution in [2.45, 2.75) is 33.2 Å². The fourth-order valence-corrected chi connectivity index (χ4v) is 3.12. The summed E-state index contributed by atoms with van der Waals surface area (Å²) in [6, 6.07) is 15.6. The first kappa shape index (κ1) is 15.3. The van der Waals surface area contributed by atoms with E-state index in [0.717, 1.165) is 17.4 Å². The molecule has 0 saturated heterocycles. The van der Waals surface area contributed by atoms with Gasteiger partial charge in [-0.1, -0.05) is 58.7 Å². The SMILES string of the molecule is CCCNC(c1cccc(C)c1)c1cc(C)cc(Br)c1. The van der Waals surface area contributed by atoms with Gasteiger partial charge in [-0.2, -0.15) is 0 Å². The molecule has 0 aromatic heterocycles. The molecular weight excluding hydrogens is 310 g/mol. The molecule has 0 heterocycles. The zero-order valence-electron chi connectivity index (χ0n) is 12.4. The second kappa shape index (κ2) is 7.05. The average Bonchev–Trinajstić information content (AvgIpc) is 2.38. The minimum atomic E-state index is 0.256. The number of aryl methyl sites for hydroxylation is 2. The van der Waals surface area contributed by atoms with Crippen molar-refractivity contribution in [3.8, 4) is 0 Å². The smallest absolute Gasteiger partial charge is 0.0577 e. The third-order valence-corrected chi connectivity index (χ3v) is 3.83. The molecule has 1 unspecified atom stereocenters. The Morgan fingerprint density at radius 3 is 2.40 bits per heavy atom. The topological polar surface area (TPSA) is 12.0 Å². The lowest BCUT2D eigenvalue weighted by molar-refractivity contribution is 0.598. The lowest BCUT2D eigenvalue weighted by Gasteiger charge is -2.21. The van der Waals surface area contributed by atoms with Gasteiger partial charge in [-0.25, -0.2) is 0 Å². The third-order valence-electron chi connectivity index (χ3n) is 3.37. The van der Waals surface area contributed by atoms with E-state index in [4.69, 9.17) is 0 Å². The first-order valence-electron chi connectivity index (χ1n) is 7.17. The maximum Gasteiger partial charge on any atom is 0.0577 e. The van der Waals surface area contributed by atoms with Crippen LogP contribution in [0.4, 0.5) is 0 Å². The van der Waals surface area contributed by atoms with Crippen molar-refractivity contribution in [1.82, 2.24) is 5.32 Å². The van der Waals surface area contributed by atoms with Crippen LogP contribution in [-0.4, -0.2) is 6.54 Å². The van der Waals surface area contributed by atoms with Crippen molar-refractivity contribution < 1.29 is 0 Å². The Morgan fingerprint density at radius 2 is 1.75 bits per heavy atom. The van der Waals surface area contributed by atoms with Gasteiger partial charge in [-0.15, -0.1) is 0 Å². The van der Waals surface area contributed by atoms with Crippen molar-refractivity contribution >= 4 is 15.9 Å². The summed E-state index contributed by atoms with van der Waals surface area (Å²) in [5.41, 5.74) is 5.23. The van der Waals surface area contributed by atoms with E-state index in [9.17, 15) is 0 Å². The molecule has 0 aliphatic heterocycles. The lowest BCUT2D eigenvalue weighted by atomic mass is 9.96.